The molecule has 0 saturated heterocycles. The molecule has 8 heterocycles. The second-order valence-electron chi connectivity index (χ2n) is 15.2. The monoisotopic (exact) mass is 966 g/mol. The van der Waals surface area contributed by atoms with Crippen molar-refractivity contribution >= 4 is 46.2 Å². The van der Waals surface area contributed by atoms with E-state index in [2.05, 4.69) is 55.6 Å². The number of anilines is 2. The summed E-state index contributed by atoms with van der Waals surface area (Å²) in [5.41, 5.74) is 9.25. The smallest absolute Gasteiger partial charge is 0.408 e. The lowest BCUT2D eigenvalue weighted by Crippen LogP contribution is -2.23. The highest BCUT2D eigenvalue weighted by Gasteiger charge is 2.40. The van der Waals surface area contributed by atoms with Crippen LogP contribution in [0.2, 0.25) is 0 Å². The van der Waals surface area contributed by atoms with E-state index in [0.717, 1.165) is 93.9 Å². The van der Waals surface area contributed by atoms with Crippen LogP contribution in [0.15, 0.2) is 85.1 Å². The van der Waals surface area contributed by atoms with Crippen LogP contribution in [0.5, 0.6) is 0 Å². The summed E-state index contributed by atoms with van der Waals surface area (Å²) in [6.45, 7) is 2.04. The molecule has 0 unspecified atom stereocenters. The van der Waals surface area contributed by atoms with Gasteiger partial charge in [-0.1, -0.05) is 0 Å². The number of nitrogens with zero attached hydrogens (tertiary/aromatic N) is 14. The molecule has 8 aromatic rings. The number of carbonyl (C=O) groups is 2. The molecule has 8 aromatic heterocycles. The number of hydrogen-bond acceptors (Lipinski definition) is 15. The Balaban J connectivity index is 0.000000150. The first-order chi connectivity index (χ1) is 31.9. The molecule has 19 nitrogen and oxygen atoms in total. The number of aromatic carboxylic acids is 1. The number of halogens is 6. The molecule has 348 valence electrons. The Morgan fingerprint density at radius 3 is 1.66 bits per heavy atom. The van der Waals surface area contributed by atoms with Crippen LogP contribution in [0.3, 0.4) is 0 Å². The summed E-state index contributed by atoms with van der Waals surface area (Å²) in [5, 5.41) is 29.5. The number of imidazole rings is 2. The molecule has 0 radical (unpaired) electrons. The minimum atomic E-state index is -4.46. The number of amides is 1. The highest BCUT2D eigenvalue weighted by molar-refractivity contribution is 7.13. The fraction of sp³-hybridized carbons (Fsp3) is 0.300. The summed E-state index contributed by atoms with van der Waals surface area (Å²) in [7, 11) is 0. The van der Waals surface area contributed by atoms with Crippen molar-refractivity contribution in [3.8, 4) is 33.0 Å². The highest BCUT2D eigenvalue weighted by atomic mass is 32.1. The van der Waals surface area contributed by atoms with Gasteiger partial charge in [-0.3, -0.25) is 18.9 Å². The van der Waals surface area contributed by atoms with Gasteiger partial charge in [0.1, 0.15) is 47.8 Å². The van der Waals surface area contributed by atoms with Crippen molar-refractivity contribution in [1.29, 1.82) is 0 Å². The van der Waals surface area contributed by atoms with Gasteiger partial charge in [-0.2, -0.15) is 26.3 Å². The lowest BCUT2D eigenvalue weighted by Gasteiger charge is -2.17. The van der Waals surface area contributed by atoms with Crippen LogP contribution < -0.4 is 11.1 Å². The predicted molar refractivity (Wildman–Crippen MR) is 230 cm³/mol. The number of nitrogen functional groups attached to an aromatic ring is 1. The van der Waals surface area contributed by atoms with E-state index in [9.17, 15) is 35.9 Å². The van der Waals surface area contributed by atoms with Crippen molar-refractivity contribution in [2.75, 3.05) is 11.1 Å². The Labute approximate surface area is 382 Å². The number of thiazole rings is 2. The summed E-state index contributed by atoms with van der Waals surface area (Å²) in [6.07, 6.45) is 8.24. The lowest BCUT2D eigenvalue weighted by molar-refractivity contribution is -0.163. The molecule has 10 rings (SSSR count). The van der Waals surface area contributed by atoms with E-state index in [1.807, 2.05) is 21.5 Å². The summed E-state index contributed by atoms with van der Waals surface area (Å²) in [6, 6.07) is 3.18. The molecule has 0 aromatic carbocycles. The number of hydrogen-bond donors (Lipinski definition) is 3. The maximum absolute atomic E-state index is 13.1. The fourth-order valence-electron chi connectivity index (χ4n) is 6.22. The van der Waals surface area contributed by atoms with Crippen LogP contribution in [-0.4, -0.2) is 97.9 Å². The van der Waals surface area contributed by atoms with Crippen LogP contribution in [0, 0.1) is 0 Å². The Kier molecular flexibility index (Phi) is 13.0. The highest BCUT2D eigenvalue weighted by Crippen LogP contribution is 2.40. The van der Waals surface area contributed by atoms with Crippen molar-refractivity contribution in [3.05, 3.63) is 108 Å². The maximum Gasteiger partial charge on any atom is 0.408 e. The number of aromatic nitrogens is 14. The van der Waals surface area contributed by atoms with Crippen molar-refractivity contribution in [2.24, 2.45) is 0 Å². The zero-order chi connectivity index (χ0) is 47.6. The fourth-order valence-corrected chi connectivity index (χ4v) is 7.65. The zero-order valence-corrected chi connectivity index (χ0v) is 36.5. The van der Waals surface area contributed by atoms with E-state index in [4.69, 9.17) is 10.8 Å². The van der Waals surface area contributed by atoms with Crippen molar-refractivity contribution in [2.45, 2.75) is 75.8 Å². The van der Waals surface area contributed by atoms with E-state index in [1.54, 1.807) is 36.9 Å². The largest absolute Gasteiger partial charge is 0.477 e. The van der Waals surface area contributed by atoms with Crippen LogP contribution in [0.25, 0.3) is 33.0 Å². The minimum absolute atomic E-state index is 0.0305. The molecular weight excluding hydrogens is 931 g/mol. The number of carbonyl (C=O) groups excluding carboxylic acids is 1. The van der Waals surface area contributed by atoms with Crippen molar-refractivity contribution < 1.29 is 41.0 Å². The first kappa shape index (κ1) is 46.1. The number of carboxylic acid groups (broad SMARTS) is 1. The first-order valence-corrected chi connectivity index (χ1v) is 21.8. The third-order valence-corrected chi connectivity index (χ3v) is 12.0. The molecule has 27 heteroatoms. The van der Waals surface area contributed by atoms with E-state index >= 15 is 0 Å². The second kappa shape index (κ2) is 18.8. The van der Waals surface area contributed by atoms with Crippen LogP contribution >= 0.6 is 22.7 Å². The number of pyridine rings is 2. The number of nitrogens with two attached hydrogens (primary N) is 1. The molecule has 0 aliphatic heterocycles. The van der Waals surface area contributed by atoms with Gasteiger partial charge in [0.15, 0.2) is 21.7 Å². The third kappa shape index (κ3) is 11.0. The Morgan fingerprint density at radius 2 is 1.19 bits per heavy atom. The normalized spacial score (nSPS) is 14.6. The van der Waals surface area contributed by atoms with Gasteiger partial charge in [-0.25, -0.2) is 29.7 Å². The lowest BCUT2D eigenvalue weighted by atomic mass is 10.3. The topological polar surface area (TPSA) is 241 Å². The number of alkyl halides is 6. The molecule has 2 atom stereocenters. The summed E-state index contributed by atoms with van der Waals surface area (Å²) in [5.74, 6) is 0.0558. The zero-order valence-electron chi connectivity index (χ0n) is 34.9. The second-order valence-corrected chi connectivity index (χ2v) is 16.9. The SMILES string of the molecule is C[C@H](n1cnnc1-c1nc(N)cs1)C(F)(F)F.C[C@H](n1cnnc1-c1nc(NC(=O)c2cc(-n3cnc(C4CC4)c3)ccn2)cs1)C(F)(F)F.O=C(O)c1cc(-n2cnc(C3CC3)c2)ccn1. The van der Waals surface area contributed by atoms with Crippen LogP contribution in [0.1, 0.15) is 95.8 Å². The summed E-state index contributed by atoms with van der Waals surface area (Å²) in [4.78, 5) is 48.3. The summed E-state index contributed by atoms with van der Waals surface area (Å²) >= 11 is 2.17. The van der Waals surface area contributed by atoms with Gasteiger partial charge < -0.3 is 25.3 Å². The molecule has 0 spiro atoms. The predicted octanol–water partition coefficient (Wildman–Crippen LogP) is 8.19. The molecule has 2 aliphatic carbocycles. The average molecular weight is 967 g/mol. The van der Waals surface area contributed by atoms with Gasteiger partial charge in [0, 0.05) is 47.4 Å². The van der Waals surface area contributed by atoms with Crippen molar-refractivity contribution in [1.82, 2.24) is 68.6 Å². The molecule has 1 amide bonds. The number of rotatable bonds is 11. The van der Waals surface area contributed by atoms with E-state index < -0.39 is 36.3 Å². The number of nitrogens with one attached hydrogen (secondary N) is 1. The van der Waals surface area contributed by atoms with Crippen LogP contribution in [-0.2, 0) is 0 Å². The van der Waals surface area contributed by atoms with Gasteiger partial charge in [-0.05, 0) is 63.8 Å². The minimum Gasteiger partial charge on any atom is -0.477 e. The van der Waals surface area contributed by atoms with Gasteiger partial charge in [0.2, 0.25) is 0 Å². The molecule has 2 fully saturated rings. The number of carboxylic acids is 1. The maximum atomic E-state index is 13.1. The molecular formula is C40H36F6N16O3S2. The molecule has 2 aliphatic rings. The van der Waals surface area contributed by atoms with Gasteiger partial charge in [0.25, 0.3) is 5.91 Å². The third-order valence-electron chi connectivity index (χ3n) is 10.3. The van der Waals surface area contributed by atoms with Crippen molar-refractivity contribution in [3.63, 3.8) is 0 Å². The average Bonchev–Trinajstić information content (AvgIpc) is 3.78. The van der Waals surface area contributed by atoms with E-state index in [0.29, 0.717) is 16.8 Å². The Bertz CT molecular complexity index is 3000. The summed E-state index contributed by atoms with van der Waals surface area (Å²) < 4.78 is 82.6. The standard InChI is InChI=1S/C20H17F3N8OS.C12H11N3O2.C8H8F3N5S/c1-11(20(21,22)23)31-10-26-29-17(31)19-28-16(8-33-19)27-18(32)14-6-13(4-5-24-14)30-7-15(25-9-30)12-2-3-12;16-12(17)10-5-9(3-4-13-10)15-6-11(14-7-15)8-1-2-8;1-4(8(9,10)11)16-3-13-15-6(16)7-14-5(12)2-17-7/h4-12H,2-3H2,1H3,(H,27,32);3-8H,1-2H2,(H,16,17);2-4H,12H2,1H3/t11-;;4-/m0.0/s1. The molecule has 67 heavy (non-hydrogen) atoms. The van der Waals surface area contributed by atoms with E-state index in [-0.39, 0.29) is 39.7 Å². The molecule has 0 bridgehead atoms. The quantitative estimate of drug-likeness (QED) is 0.104. The van der Waals surface area contributed by atoms with E-state index in [1.165, 1.54) is 36.0 Å². The Hall–Kier alpha value is -7.42. The van der Waals surface area contributed by atoms with Gasteiger partial charge >= 0.3 is 18.3 Å². The molecule has 2 saturated carbocycles. The van der Waals surface area contributed by atoms with Crippen LogP contribution in [0.4, 0.5) is 38.0 Å². The van der Waals surface area contributed by atoms with Gasteiger partial charge in [-0.15, -0.1) is 43.1 Å². The molecule has 4 N–H and O–H groups in total. The Morgan fingerprint density at radius 1 is 0.716 bits per heavy atom. The van der Waals surface area contributed by atoms with Gasteiger partial charge in [0.05, 0.1) is 35.4 Å². The first-order valence-electron chi connectivity index (χ1n) is 20.1.